The largest absolute Gasteiger partial charge is 0.522 e. The highest BCUT2D eigenvalue weighted by Gasteiger charge is 2.70. The number of rotatable bonds is 5. The number of halogens is 4. The lowest BCUT2D eigenvalue weighted by molar-refractivity contribution is -0.352. The minimum atomic E-state index is -4.62. The Balaban J connectivity index is 1.03. The molecule has 1 aromatic heterocycles. The molecule has 0 saturated heterocycles. The van der Waals surface area contributed by atoms with Crippen LogP contribution in [0.5, 0.6) is 5.75 Å². The molecule has 34 heavy (non-hydrogen) atoms. The zero-order chi connectivity index (χ0) is 23.9. The Kier molecular flexibility index (Phi) is 4.80. The summed E-state index contributed by atoms with van der Waals surface area (Å²) in [6.07, 6.45) is -4.30. The van der Waals surface area contributed by atoms with E-state index in [1.54, 1.807) is 18.2 Å². The van der Waals surface area contributed by atoms with Crippen LogP contribution in [0.4, 0.5) is 13.2 Å². The van der Waals surface area contributed by atoms with Gasteiger partial charge in [-0.3, -0.25) is 9.53 Å². The molecule has 2 heterocycles. The molecule has 11 heteroatoms. The zero-order valence-corrected chi connectivity index (χ0v) is 18.7. The molecule has 0 radical (unpaired) electrons. The van der Waals surface area contributed by atoms with Crippen molar-refractivity contribution >= 4 is 17.5 Å². The Labute approximate surface area is 197 Å². The topological polar surface area (TPSA) is 93.8 Å². The van der Waals surface area contributed by atoms with E-state index < -0.39 is 24.7 Å². The number of aliphatic hydroxyl groups is 1. The standard InChI is InChI=1S/C23H22ClF3N2O5/c24-12-1-2-16-14(5-12)15(30)6-18(32-16)20(31)28-22-8-21(9-22,10-22)19-7-17(34-29-19)11-3-13(4-11)33-23(25,26)27/h1-2,5,7,11,13,15,18,30H,3-4,6,8-10H2,(H,28,31)/t11-,13+,15-,18-,21?,22?/m1/s1. The third-order valence-corrected chi connectivity index (χ3v) is 7.85. The van der Waals surface area contributed by atoms with Crippen molar-refractivity contribution in [2.24, 2.45) is 0 Å². The first kappa shape index (κ1) is 22.2. The Morgan fingerprint density at radius 2 is 1.94 bits per heavy atom. The van der Waals surface area contributed by atoms with Gasteiger partial charge >= 0.3 is 6.36 Å². The van der Waals surface area contributed by atoms with E-state index in [2.05, 4.69) is 15.2 Å². The van der Waals surface area contributed by atoms with Gasteiger partial charge in [0.15, 0.2) is 6.10 Å². The van der Waals surface area contributed by atoms with Gasteiger partial charge in [-0.15, -0.1) is 13.2 Å². The van der Waals surface area contributed by atoms with Gasteiger partial charge in [0.25, 0.3) is 5.91 Å². The van der Waals surface area contributed by atoms with Crippen LogP contribution in [0, 0.1) is 0 Å². The van der Waals surface area contributed by atoms with Crippen LogP contribution < -0.4 is 10.1 Å². The van der Waals surface area contributed by atoms with E-state index in [1.165, 1.54) is 0 Å². The van der Waals surface area contributed by atoms with Gasteiger partial charge in [0.05, 0.1) is 17.9 Å². The van der Waals surface area contributed by atoms with Gasteiger partial charge in [-0.1, -0.05) is 16.8 Å². The Bertz CT molecular complexity index is 1130. The van der Waals surface area contributed by atoms with E-state index in [9.17, 15) is 23.1 Å². The molecule has 2 atom stereocenters. The monoisotopic (exact) mass is 498 g/mol. The first-order chi connectivity index (χ1) is 16.0. The second-order valence-corrected chi connectivity index (χ2v) is 10.5. The lowest BCUT2D eigenvalue weighted by Gasteiger charge is -2.69. The van der Waals surface area contributed by atoms with Gasteiger partial charge < -0.3 is 19.7 Å². The average Bonchev–Trinajstić information content (AvgIpc) is 3.14. The first-order valence-electron chi connectivity index (χ1n) is 11.2. The van der Waals surface area contributed by atoms with E-state index in [-0.39, 0.29) is 42.0 Å². The van der Waals surface area contributed by atoms with Crippen LogP contribution in [-0.2, 0) is 14.9 Å². The molecule has 4 fully saturated rings. The van der Waals surface area contributed by atoms with Crippen molar-refractivity contribution in [2.45, 2.75) is 80.1 Å². The van der Waals surface area contributed by atoms with Gasteiger partial charge in [-0.05, 0) is 50.3 Å². The minimum absolute atomic E-state index is 0.123. The molecular weight excluding hydrogens is 477 g/mol. The van der Waals surface area contributed by atoms with Crippen molar-refractivity contribution < 1.29 is 37.1 Å². The van der Waals surface area contributed by atoms with Crippen molar-refractivity contribution in [3.8, 4) is 5.75 Å². The third kappa shape index (κ3) is 3.67. The number of nitrogens with zero attached hydrogens (tertiary/aromatic N) is 1. The maximum absolute atomic E-state index is 12.9. The lowest BCUT2D eigenvalue weighted by Crippen LogP contribution is -2.77. The summed E-state index contributed by atoms with van der Waals surface area (Å²) < 4.78 is 52.2. The summed E-state index contributed by atoms with van der Waals surface area (Å²) in [6.45, 7) is 0. The molecule has 2 aromatic rings. The number of alkyl halides is 3. The van der Waals surface area contributed by atoms with E-state index in [0.29, 0.717) is 41.4 Å². The molecule has 4 saturated carbocycles. The predicted molar refractivity (Wildman–Crippen MR) is 111 cm³/mol. The summed E-state index contributed by atoms with van der Waals surface area (Å²) >= 11 is 5.98. The summed E-state index contributed by atoms with van der Waals surface area (Å²) in [5, 5.41) is 18.2. The van der Waals surface area contributed by atoms with Gasteiger partial charge in [-0.25, -0.2) is 0 Å². The number of carbonyl (C=O) groups is 1. The molecule has 1 aromatic carbocycles. The quantitative estimate of drug-likeness (QED) is 0.639. The number of hydrogen-bond acceptors (Lipinski definition) is 6. The second kappa shape index (κ2) is 7.35. The average molecular weight is 499 g/mol. The predicted octanol–water partition coefficient (Wildman–Crippen LogP) is 4.29. The smallest absolute Gasteiger partial charge is 0.480 e. The third-order valence-electron chi connectivity index (χ3n) is 7.62. The number of ether oxygens (including phenoxy) is 2. The van der Waals surface area contributed by atoms with Crippen molar-refractivity contribution in [3.05, 3.63) is 46.3 Å². The zero-order valence-electron chi connectivity index (χ0n) is 17.9. The van der Waals surface area contributed by atoms with Gasteiger partial charge in [-0.2, -0.15) is 0 Å². The Morgan fingerprint density at radius 3 is 2.65 bits per heavy atom. The molecule has 1 aliphatic heterocycles. The van der Waals surface area contributed by atoms with Crippen LogP contribution in [-0.4, -0.2) is 40.3 Å². The lowest BCUT2D eigenvalue weighted by atomic mass is 9.38. The molecule has 1 amide bonds. The van der Waals surface area contributed by atoms with Gasteiger partial charge in [0, 0.05) is 39.9 Å². The summed E-state index contributed by atoms with van der Waals surface area (Å²) in [4.78, 5) is 12.9. The van der Waals surface area contributed by atoms with Crippen LogP contribution in [0.15, 0.2) is 28.8 Å². The molecule has 182 valence electrons. The maximum atomic E-state index is 12.9. The summed E-state index contributed by atoms with van der Waals surface area (Å²) in [5.74, 6) is 0.649. The van der Waals surface area contributed by atoms with Crippen LogP contribution in [0.25, 0.3) is 0 Å². The molecule has 7 nitrogen and oxygen atoms in total. The van der Waals surface area contributed by atoms with Crippen molar-refractivity contribution in [2.75, 3.05) is 0 Å². The van der Waals surface area contributed by atoms with Crippen LogP contribution >= 0.6 is 11.6 Å². The molecule has 5 aliphatic rings. The molecule has 4 aliphatic carbocycles. The molecule has 2 N–H and O–H groups in total. The fraction of sp³-hybridized carbons (Fsp3) is 0.565. The molecular formula is C23H22ClF3N2O5. The van der Waals surface area contributed by atoms with E-state index >= 15 is 0 Å². The summed E-state index contributed by atoms with van der Waals surface area (Å²) in [6, 6.07) is 6.78. The van der Waals surface area contributed by atoms with Crippen LogP contribution in [0.3, 0.4) is 0 Å². The molecule has 0 unspecified atom stereocenters. The number of aliphatic hydroxyl groups excluding tert-OH is 1. The summed E-state index contributed by atoms with van der Waals surface area (Å²) in [5.41, 5.74) is 0.865. The fourth-order valence-corrected chi connectivity index (χ4v) is 6.11. The van der Waals surface area contributed by atoms with Crippen molar-refractivity contribution in [1.82, 2.24) is 10.5 Å². The number of nitrogens with one attached hydrogen (secondary N) is 1. The number of carbonyl (C=O) groups excluding carboxylic acids is 1. The van der Waals surface area contributed by atoms with Crippen LogP contribution in [0.2, 0.25) is 5.02 Å². The number of fused-ring (bicyclic) bond motifs is 1. The number of hydrogen-bond donors (Lipinski definition) is 2. The number of aromatic nitrogens is 1. The van der Waals surface area contributed by atoms with Crippen molar-refractivity contribution in [3.63, 3.8) is 0 Å². The van der Waals surface area contributed by atoms with Gasteiger partial charge in [0.2, 0.25) is 0 Å². The second-order valence-electron chi connectivity index (χ2n) is 10.1. The highest BCUT2D eigenvalue weighted by Crippen LogP contribution is 2.67. The fourth-order valence-electron chi connectivity index (χ4n) is 5.93. The molecule has 0 spiro atoms. The van der Waals surface area contributed by atoms with E-state index in [0.717, 1.165) is 5.69 Å². The van der Waals surface area contributed by atoms with Gasteiger partial charge in [0.1, 0.15) is 11.5 Å². The minimum Gasteiger partial charge on any atom is -0.480 e. The molecule has 7 rings (SSSR count). The van der Waals surface area contributed by atoms with E-state index in [4.69, 9.17) is 20.9 Å². The van der Waals surface area contributed by atoms with Crippen molar-refractivity contribution in [1.29, 1.82) is 0 Å². The van der Waals surface area contributed by atoms with E-state index in [1.807, 2.05) is 6.07 Å². The normalized spacial score (nSPS) is 35.8. The summed E-state index contributed by atoms with van der Waals surface area (Å²) in [7, 11) is 0. The first-order valence-corrected chi connectivity index (χ1v) is 11.6. The highest BCUT2D eigenvalue weighted by molar-refractivity contribution is 6.30. The Morgan fingerprint density at radius 1 is 1.21 bits per heavy atom. The number of amides is 1. The number of benzene rings is 1. The maximum Gasteiger partial charge on any atom is 0.522 e. The highest BCUT2D eigenvalue weighted by atomic mass is 35.5. The molecule has 2 bridgehead atoms. The Hall–Kier alpha value is -2.30. The van der Waals surface area contributed by atoms with Crippen LogP contribution in [0.1, 0.15) is 67.6 Å². The SMILES string of the molecule is O=C(NC12CC(c3cc([C@H]4C[C@@H](OC(F)(F)F)C4)on3)(C1)C2)[C@H]1C[C@@H](O)c2cc(Cl)ccc2O1.